The minimum atomic E-state index is -0.200. The number of aromatic amines is 2. The van der Waals surface area contributed by atoms with Gasteiger partial charge >= 0.3 is 5.69 Å². The second kappa shape index (κ2) is 4.59. The molecule has 1 aliphatic rings. The summed E-state index contributed by atoms with van der Waals surface area (Å²) in [6.45, 7) is 0.885. The zero-order valence-corrected chi connectivity index (χ0v) is 11.1. The Labute approximate surface area is 119 Å². The van der Waals surface area contributed by atoms with Crippen molar-refractivity contribution in [1.82, 2.24) is 9.97 Å². The molecule has 0 spiro atoms. The van der Waals surface area contributed by atoms with Crippen LogP contribution in [-0.4, -0.2) is 16.8 Å². The van der Waals surface area contributed by atoms with Gasteiger partial charge in [0, 0.05) is 17.8 Å². The van der Waals surface area contributed by atoms with Gasteiger partial charge in [0.05, 0.1) is 11.0 Å². The quantitative estimate of drug-likeness (QED) is 0.688. The fourth-order valence-electron chi connectivity index (χ4n) is 2.47. The summed E-state index contributed by atoms with van der Waals surface area (Å²) in [6.07, 6.45) is 0. The first-order valence-electron chi connectivity index (χ1n) is 6.63. The monoisotopic (exact) mass is 283 g/mol. The summed E-state index contributed by atoms with van der Waals surface area (Å²) in [7, 11) is 0. The van der Waals surface area contributed by atoms with Gasteiger partial charge in [-0.1, -0.05) is 12.1 Å². The van der Waals surface area contributed by atoms with Gasteiger partial charge in [-0.3, -0.25) is 0 Å². The molecule has 0 atom stereocenters. The molecule has 1 aliphatic heterocycles. The first kappa shape index (κ1) is 11.9. The highest BCUT2D eigenvalue weighted by molar-refractivity contribution is 5.78. The highest BCUT2D eigenvalue weighted by Crippen LogP contribution is 2.35. The molecule has 6 heteroatoms. The van der Waals surface area contributed by atoms with Gasteiger partial charge in [-0.2, -0.15) is 0 Å². The van der Waals surface area contributed by atoms with E-state index in [2.05, 4.69) is 15.3 Å². The fourth-order valence-corrected chi connectivity index (χ4v) is 2.47. The molecule has 6 nitrogen and oxygen atoms in total. The Bertz CT molecular complexity index is 866. The number of aromatic nitrogens is 2. The molecule has 4 rings (SSSR count). The number of ether oxygens (including phenoxy) is 2. The van der Waals surface area contributed by atoms with Gasteiger partial charge in [0.1, 0.15) is 0 Å². The minimum absolute atomic E-state index is 0.200. The van der Waals surface area contributed by atoms with Crippen LogP contribution in [0.3, 0.4) is 0 Å². The van der Waals surface area contributed by atoms with Gasteiger partial charge in [-0.05, 0) is 24.3 Å². The maximum Gasteiger partial charge on any atom is 0.323 e. The van der Waals surface area contributed by atoms with Crippen LogP contribution in [0.15, 0.2) is 41.2 Å². The molecule has 2 heterocycles. The van der Waals surface area contributed by atoms with E-state index in [0.29, 0.717) is 6.54 Å². The van der Waals surface area contributed by atoms with Gasteiger partial charge in [0.15, 0.2) is 11.5 Å². The molecule has 0 unspecified atom stereocenters. The van der Waals surface area contributed by atoms with E-state index in [9.17, 15) is 4.79 Å². The molecule has 0 fully saturated rings. The number of benzene rings is 2. The largest absolute Gasteiger partial charge is 0.454 e. The van der Waals surface area contributed by atoms with Crippen LogP contribution in [0.2, 0.25) is 0 Å². The molecule has 0 radical (unpaired) electrons. The second-order valence-corrected chi connectivity index (χ2v) is 4.84. The predicted molar refractivity (Wildman–Crippen MR) is 78.8 cm³/mol. The number of hydrogen-bond donors (Lipinski definition) is 3. The lowest BCUT2D eigenvalue weighted by Gasteiger charge is -2.09. The lowest BCUT2D eigenvalue weighted by molar-refractivity contribution is 0.173. The zero-order chi connectivity index (χ0) is 14.2. The lowest BCUT2D eigenvalue weighted by atomic mass is 10.2. The number of fused-ring (bicyclic) bond motifs is 2. The molecule has 106 valence electrons. The Morgan fingerprint density at radius 1 is 1.10 bits per heavy atom. The minimum Gasteiger partial charge on any atom is -0.454 e. The number of imidazole rings is 1. The highest BCUT2D eigenvalue weighted by atomic mass is 16.7. The van der Waals surface area contributed by atoms with Crippen molar-refractivity contribution in [3.8, 4) is 11.5 Å². The van der Waals surface area contributed by atoms with E-state index < -0.39 is 0 Å². The molecule has 3 N–H and O–H groups in total. The van der Waals surface area contributed by atoms with Gasteiger partial charge in [-0.25, -0.2) is 4.79 Å². The van der Waals surface area contributed by atoms with Crippen LogP contribution in [0.4, 0.5) is 5.69 Å². The van der Waals surface area contributed by atoms with Crippen molar-refractivity contribution in [1.29, 1.82) is 0 Å². The van der Waals surface area contributed by atoms with Crippen molar-refractivity contribution in [2.24, 2.45) is 0 Å². The van der Waals surface area contributed by atoms with Crippen LogP contribution in [0.5, 0.6) is 11.5 Å². The van der Waals surface area contributed by atoms with E-state index in [-0.39, 0.29) is 12.5 Å². The van der Waals surface area contributed by atoms with Crippen molar-refractivity contribution in [2.75, 3.05) is 12.1 Å². The topological polar surface area (TPSA) is 79.1 Å². The average Bonchev–Trinajstić information content (AvgIpc) is 3.09. The van der Waals surface area contributed by atoms with E-state index in [1.54, 1.807) is 0 Å². The third kappa shape index (κ3) is 2.10. The van der Waals surface area contributed by atoms with Gasteiger partial charge in [0.2, 0.25) is 6.79 Å². The summed E-state index contributed by atoms with van der Waals surface area (Å²) in [4.78, 5) is 16.7. The third-order valence-corrected chi connectivity index (χ3v) is 3.48. The zero-order valence-electron chi connectivity index (χ0n) is 11.1. The Kier molecular flexibility index (Phi) is 2.60. The molecular weight excluding hydrogens is 270 g/mol. The van der Waals surface area contributed by atoms with Crippen molar-refractivity contribution in [2.45, 2.75) is 6.54 Å². The van der Waals surface area contributed by atoms with E-state index >= 15 is 0 Å². The molecule has 21 heavy (non-hydrogen) atoms. The predicted octanol–water partition coefficient (Wildman–Crippen LogP) is 2.20. The van der Waals surface area contributed by atoms with Crippen LogP contribution < -0.4 is 20.5 Å². The molecular formula is C15H13N3O3. The van der Waals surface area contributed by atoms with Crippen LogP contribution in [0.25, 0.3) is 11.0 Å². The second-order valence-electron chi connectivity index (χ2n) is 4.84. The Balaban J connectivity index is 1.58. The number of rotatable bonds is 3. The van der Waals surface area contributed by atoms with E-state index in [1.165, 1.54) is 0 Å². The average molecular weight is 283 g/mol. The molecule has 0 amide bonds. The SMILES string of the molecule is O=c1[nH]c2ccc(NCc3cccc4c3OCO4)cc2[nH]1. The third-order valence-electron chi connectivity index (χ3n) is 3.48. The van der Waals surface area contributed by atoms with Crippen molar-refractivity contribution in [3.05, 3.63) is 52.4 Å². The van der Waals surface area contributed by atoms with Gasteiger partial charge < -0.3 is 24.8 Å². The Hall–Kier alpha value is -2.89. The normalized spacial score (nSPS) is 12.8. The lowest BCUT2D eigenvalue weighted by Crippen LogP contribution is -2.01. The fraction of sp³-hybridized carbons (Fsp3) is 0.133. The molecule has 0 bridgehead atoms. The highest BCUT2D eigenvalue weighted by Gasteiger charge is 2.16. The summed E-state index contributed by atoms with van der Waals surface area (Å²) in [5.74, 6) is 1.57. The molecule has 0 saturated heterocycles. The van der Waals surface area contributed by atoms with Crippen LogP contribution in [0.1, 0.15) is 5.56 Å². The summed E-state index contributed by atoms with van der Waals surface area (Å²) in [6, 6.07) is 11.5. The van der Waals surface area contributed by atoms with E-state index in [4.69, 9.17) is 9.47 Å². The Morgan fingerprint density at radius 2 is 2.00 bits per heavy atom. The first-order chi connectivity index (χ1) is 10.3. The van der Waals surface area contributed by atoms with Crippen LogP contribution in [0, 0.1) is 0 Å². The molecule has 0 saturated carbocycles. The summed E-state index contributed by atoms with van der Waals surface area (Å²) in [5, 5.41) is 3.32. The maximum atomic E-state index is 11.2. The van der Waals surface area contributed by atoms with E-state index in [0.717, 1.165) is 33.8 Å². The van der Waals surface area contributed by atoms with E-state index in [1.807, 2.05) is 36.4 Å². The summed E-state index contributed by atoms with van der Waals surface area (Å²) in [5.41, 5.74) is 3.33. The van der Waals surface area contributed by atoms with Crippen LogP contribution in [-0.2, 0) is 6.54 Å². The number of para-hydroxylation sites is 1. The number of anilines is 1. The van der Waals surface area contributed by atoms with Gasteiger partial charge in [0.25, 0.3) is 0 Å². The maximum absolute atomic E-state index is 11.2. The number of hydrogen-bond acceptors (Lipinski definition) is 4. The number of H-pyrrole nitrogens is 2. The smallest absolute Gasteiger partial charge is 0.323 e. The summed E-state index contributed by atoms with van der Waals surface area (Å²) < 4.78 is 10.8. The van der Waals surface area contributed by atoms with Crippen molar-refractivity contribution >= 4 is 16.7 Å². The number of nitrogens with one attached hydrogen (secondary N) is 3. The first-order valence-corrected chi connectivity index (χ1v) is 6.63. The van der Waals surface area contributed by atoms with Crippen molar-refractivity contribution in [3.63, 3.8) is 0 Å². The molecule has 1 aromatic heterocycles. The van der Waals surface area contributed by atoms with Crippen LogP contribution >= 0.6 is 0 Å². The molecule has 0 aliphatic carbocycles. The van der Waals surface area contributed by atoms with Crippen molar-refractivity contribution < 1.29 is 9.47 Å². The summed E-state index contributed by atoms with van der Waals surface area (Å²) >= 11 is 0. The molecule has 2 aromatic carbocycles. The Morgan fingerprint density at radius 3 is 2.95 bits per heavy atom. The van der Waals surface area contributed by atoms with Gasteiger partial charge in [-0.15, -0.1) is 0 Å². The standard InChI is InChI=1S/C15H13N3O3/c19-15-17-11-5-4-10(6-12(11)18-15)16-7-9-2-1-3-13-14(9)21-8-20-13/h1-6,16H,7-8H2,(H2,17,18,19). The molecule has 3 aromatic rings.